The van der Waals surface area contributed by atoms with Crippen molar-refractivity contribution in [3.63, 3.8) is 0 Å². The molecule has 0 bridgehead atoms. The molecule has 0 aromatic rings. The fourth-order valence-electron chi connectivity index (χ4n) is 3.84. The van der Waals surface area contributed by atoms with Gasteiger partial charge in [0.15, 0.2) is 0 Å². The van der Waals surface area contributed by atoms with E-state index in [0.29, 0.717) is 26.2 Å². The minimum atomic E-state index is -0.564. The maximum absolute atomic E-state index is 12.3. The zero-order chi connectivity index (χ0) is 17.1. The number of hydrogen-bond acceptors (Lipinski definition) is 6. The zero-order valence-corrected chi connectivity index (χ0v) is 14.0. The van der Waals surface area contributed by atoms with Crippen molar-refractivity contribution in [2.45, 2.75) is 50.0 Å². The second-order valence-electron chi connectivity index (χ2n) is 7.23. The summed E-state index contributed by atoms with van der Waals surface area (Å²) in [6.45, 7) is 3.65. The average molecular weight is 340 g/mol. The second kappa shape index (κ2) is 7.77. The maximum atomic E-state index is 12.3. The molecule has 8 heteroatoms. The highest BCUT2D eigenvalue weighted by atomic mass is 16.3. The molecule has 4 unspecified atom stereocenters. The first kappa shape index (κ1) is 17.6. The number of likely N-dealkylation sites (tertiary alicyclic amines) is 2. The lowest BCUT2D eigenvalue weighted by Gasteiger charge is -2.38. The van der Waals surface area contributed by atoms with Crippen LogP contribution in [0.25, 0.3) is 0 Å². The normalized spacial score (nSPS) is 36.2. The van der Waals surface area contributed by atoms with Crippen molar-refractivity contribution >= 4 is 11.8 Å². The van der Waals surface area contributed by atoms with Gasteiger partial charge in [-0.1, -0.05) is 0 Å². The third-order valence-corrected chi connectivity index (χ3v) is 5.11. The minimum Gasteiger partial charge on any atom is -0.392 e. The van der Waals surface area contributed by atoms with Crippen LogP contribution in [0.2, 0.25) is 0 Å². The molecule has 3 aliphatic heterocycles. The molecule has 136 valence electrons. The molecule has 0 radical (unpaired) electrons. The number of β-amino-alcohol motifs (C(OH)–C–C–N with tert-alkyl or cyclic N) is 2. The number of rotatable bonds is 4. The molecular formula is C16H28N4O4. The van der Waals surface area contributed by atoms with Crippen LogP contribution in [0.5, 0.6) is 0 Å². The molecule has 0 aromatic heterocycles. The Hall–Kier alpha value is -1.22. The third kappa shape index (κ3) is 4.44. The lowest BCUT2D eigenvalue weighted by Crippen LogP contribution is -2.67. The Bertz CT molecular complexity index is 433. The van der Waals surface area contributed by atoms with Gasteiger partial charge in [0.05, 0.1) is 12.2 Å². The van der Waals surface area contributed by atoms with Crippen LogP contribution < -0.4 is 10.6 Å². The van der Waals surface area contributed by atoms with Crippen molar-refractivity contribution in [1.82, 2.24) is 20.4 Å². The summed E-state index contributed by atoms with van der Waals surface area (Å²) >= 11 is 0. The van der Waals surface area contributed by atoms with Gasteiger partial charge in [-0.05, 0) is 38.8 Å². The number of aliphatic hydroxyl groups is 2. The Kier molecular flexibility index (Phi) is 5.70. The van der Waals surface area contributed by atoms with Crippen LogP contribution in [0.15, 0.2) is 0 Å². The average Bonchev–Trinajstić information content (AvgIpc) is 2.52. The summed E-state index contributed by atoms with van der Waals surface area (Å²) in [6, 6.07) is -1.13. The summed E-state index contributed by atoms with van der Waals surface area (Å²) in [7, 11) is 0. The molecule has 0 aromatic carbocycles. The van der Waals surface area contributed by atoms with E-state index in [-0.39, 0.29) is 24.0 Å². The predicted octanol–water partition coefficient (Wildman–Crippen LogP) is -2.12. The summed E-state index contributed by atoms with van der Waals surface area (Å²) in [5.41, 5.74) is 0. The minimum absolute atomic E-state index is 0.169. The van der Waals surface area contributed by atoms with Crippen molar-refractivity contribution < 1.29 is 19.8 Å². The Morgan fingerprint density at radius 3 is 1.62 bits per heavy atom. The second-order valence-corrected chi connectivity index (χ2v) is 7.23. The first-order chi connectivity index (χ1) is 11.5. The summed E-state index contributed by atoms with van der Waals surface area (Å²) in [4.78, 5) is 28.7. The first-order valence-electron chi connectivity index (χ1n) is 8.93. The van der Waals surface area contributed by atoms with Gasteiger partial charge in [-0.15, -0.1) is 0 Å². The molecular weight excluding hydrogens is 312 g/mol. The van der Waals surface area contributed by atoms with E-state index in [9.17, 15) is 19.8 Å². The van der Waals surface area contributed by atoms with Gasteiger partial charge in [0.1, 0.15) is 12.1 Å². The lowest BCUT2D eigenvalue weighted by atomic mass is 10.0. The SMILES string of the molecule is O=C1NC(CN2CCCC(O)C2)C(=O)NC1CN1CCCC(O)C1. The van der Waals surface area contributed by atoms with E-state index in [1.165, 1.54) is 0 Å². The number of amides is 2. The first-order valence-corrected chi connectivity index (χ1v) is 8.93. The van der Waals surface area contributed by atoms with Gasteiger partial charge in [-0.2, -0.15) is 0 Å². The summed E-state index contributed by atoms with van der Waals surface area (Å²) in [5.74, 6) is -0.338. The highest BCUT2D eigenvalue weighted by Crippen LogP contribution is 2.13. The van der Waals surface area contributed by atoms with Gasteiger partial charge < -0.3 is 20.8 Å². The van der Waals surface area contributed by atoms with E-state index in [1.807, 2.05) is 9.80 Å². The number of nitrogens with one attached hydrogen (secondary N) is 2. The largest absolute Gasteiger partial charge is 0.392 e. The van der Waals surface area contributed by atoms with Gasteiger partial charge in [0, 0.05) is 26.2 Å². The van der Waals surface area contributed by atoms with E-state index in [4.69, 9.17) is 0 Å². The standard InChI is InChI=1S/C16H28N4O4/c21-11-3-1-5-19(7-11)9-13-15(23)18-14(16(24)17-13)10-20-6-2-4-12(22)8-20/h11-14,21-22H,1-10H2,(H,17,24)(H,18,23). The van der Waals surface area contributed by atoms with E-state index in [1.54, 1.807) is 0 Å². The molecule has 0 spiro atoms. The monoisotopic (exact) mass is 340 g/mol. The van der Waals surface area contributed by atoms with Crippen molar-refractivity contribution in [2.24, 2.45) is 0 Å². The number of hydrogen-bond donors (Lipinski definition) is 4. The number of aliphatic hydroxyl groups excluding tert-OH is 2. The molecule has 24 heavy (non-hydrogen) atoms. The van der Waals surface area contributed by atoms with Crippen molar-refractivity contribution in [3.8, 4) is 0 Å². The maximum Gasteiger partial charge on any atom is 0.244 e. The molecule has 4 N–H and O–H groups in total. The molecule has 0 saturated carbocycles. The van der Waals surface area contributed by atoms with E-state index >= 15 is 0 Å². The van der Waals surface area contributed by atoms with Crippen LogP contribution in [0, 0.1) is 0 Å². The van der Waals surface area contributed by atoms with Gasteiger partial charge in [-0.3, -0.25) is 19.4 Å². The summed E-state index contributed by atoms with van der Waals surface area (Å²) in [5, 5.41) is 25.1. The Balaban J connectivity index is 1.50. The number of nitrogens with zero attached hydrogens (tertiary/aromatic N) is 2. The van der Waals surface area contributed by atoms with Crippen LogP contribution in [-0.4, -0.2) is 95.4 Å². The van der Waals surface area contributed by atoms with Crippen LogP contribution in [0.3, 0.4) is 0 Å². The summed E-state index contributed by atoms with van der Waals surface area (Å²) in [6.07, 6.45) is 2.71. The Morgan fingerprint density at radius 2 is 1.25 bits per heavy atom. The molecule has 3 saturated heterocycles. The van der Waals surface area contributed by atoms with Gasteiger partial charge in [0.2, 0.25) is 11.8 Å². The molecule has 3 aliphatic rings. The zero-order valence-electron chi connectivity index (χ0n) is 14.0. The number of carbonyl (C=O) groups is 2. The van der Waals surface area contributed by atoms with E-state index < -0.39 is 12.1 Å². The topological polar surface area (TPSA) is 105 Å². The smallest absolute Gasteiger partial charge is 0.244 e. The molecule has 0 aliphatic carbocycles. The number of piperazine rings is 1. The van der Waals surface area contributed by atoms with Gasteiger partial charge in [-0.25, -0.2) is 0 Å². The van der Waals surface area contributed by atoms with Crippen LogP contribution in [0.1, 0.15) is 25.7 Å². The fraction of sp³-hybridized carbons (Fsp3) is 0.875. The Labute approximate surface area is 142 Å². The Morgan fingerprint density at radius 1 is 0.833 bits per heavy atom. The molecule has 3 rings (SSSR count). The molecule has 4 atom stereocenters. The van der Waals surface area contributed by atoms with Gasteiger partial charge in [0.25, 0.3) is 0 Å². The summed E-state index contributed by atoms with van der Waals surface area (Å²) < 4.78 is 0. The van der Waals surface area contributed by atoms with Crippen molar-refractivity contribution in [3.05, 3.63) is 0 Å². The van der Waals surface area contributed by atoms with Crippen LogP contribution in [-0.2, 0) is 9.59 Å². The van der Waals surface area contributed by atoms with Crippen LogP contribution in [0.4, 0.5) is 0 Å². The third-order valence-electron chi connectivity index (χ3n) is 5.11. The van der Waals surface area contributed by atoms with Gasteiger partial charge >= 0.3 is 0 Å². The highest BCUT2D eigenvalue weighted by Gasteiger charge is 2.36. The lowest BCUT2D eigenvalue weighted by molar-refractivity contribution is -0.138. The number of piperidine rings is 2. The van der Waals surface area contributed by atoms with Crippen molar-refractivity contribution in [1.29, 1.82) is 0 Å². The quantitative estimate of drug-likeness (QED) is 0.467. The van der Waals surface area contributed by atoms with E-state index in [0.717, 1.165) is 38.8 Å². The molecule has 3 fully saturated rings. The molecule has 8 nitrogen and oxygen atoms in total. The fourth-order valence-corrected chi connectivity index (χ4v) is 3.84. The predicted molar refractivity (Wildman–Crippen MR) is 87.2 cm³/mol. The molecule has 2 amide bonds. The van der Waals surface area contributed by atoms with E-state index in [2.05, 4.69) is 10.6 Å². The van der Waals surface area contributed by atoms with Crippen LogP contribution >= 0.6 is 0 Å². The molecule has 3 heterocycles. The van der Waals surface area contributed by atoms with Crippen molar-refractivity contribution in [2.75, 3.05) is 39.3 Å². The number of carbonyl (C=O) groups excluding carboxylic acids is 2. The highest BCUT2D eigenvalue weighted by molar-refractivity contribution is 5.97.